The van der Waals surface area contributed by atoms with Gasteiger partial charge in [0.05, 0.1) is 18.9 Å². The van der Waals surface area contributed by atoms with E-state index in [4.69, 9.17) is 16.3 Å². The van der Waals surface area contributed by atoms with Crippen molar-refractivity contribution in [2.24, 2.45) is 0 Å². The molecule has 0 unspecified atom stereocenters. The molecule has 29 heavy (non-hydrogen) atoms. The van der Waals surface area contributed by atoms with Crippen LogP contribution in [0, 0.1) is 13.8 Å². The van der Waals surface area contributed by atoms with Gasteiger partial charge in [0.15, 0.2) is 4.96 Å². The number of hydrogen-bond donors (Lipinski definition) is 0. The van der Waals surface area contributed by atoms with Crippen LogP contribution in [0.2, 0.25) is 5.02 Å². The maximum absolute atomic E-state index is 12.7. The van der Waals surface area contributed by atoms with E-state index < -0.39 is 0 Å². The first kappa shape index (κ1) is 19.8. The average Bonchev–Trinajstić information content (AvgIpc) is 3.16. The number of ether oxygens (including phenoxy) is 1. The second-order valence-electron chi connectivity index (χ2n) is 6.96. The van der Waals surface area contributed by atoms with Gasteiger partial charge in [-0.2, -0.15) is 0 Å². The molecule has 0 radical (unpaired) electrons. The van der Waals surface area contributed by atoms with Gasteiger partial charge in [0.25, 0.3) is 11.5 Å². The number of morpholine rings is 1. The molecule has 3 heterocycles. The highest BCUT2D eigenvalue weighted by Gasteiger charge is 2.22. The van der Waals surface area contributed by atoms with Crippen molar-refractivity contribution in [1.29, 1.82) is 0 Å². The van der Waals surface area contributed by atoms with E-state index in [1.807, 2.05) is 26.0 Å². The Bertz CT molecular complexity index is 1180. The molecule has 4 rings (SSSR count). The van der Waals surface area contributed by atoms with Crippen LogP contribution in [-0.2, 0) is 4.74 Å². The molecule has 0 saturated carbocycles. The van der Waals surface area contributed by atoms with Gasteiger partial charge < -0.3 is 9.64 Å². The van der Waals surface area contributed by atoms with Crippen LogP contribution in [0.15, 0.2) is 29.2 Å². The minimum absolute atomic E-state index is 0.0345. The van der Waals surface area contributed by atoms with Crippen LogP contribution in [0.25, 0.3) is 17.1 Å². The third-order valence-electron chi connectivity index (χ3n) is 4.87. The molecule has 0 N–H and O–H groups in total. The summed E-state index contributed by atoms with van der Waals surface area (Å²) in [7, 11) is 0. The van der Waals surface area contributed by atoms with Gasteiger partial charge in [0.2, 0.25) is 0 Å². The van der Waals surface area contributed by atoms with Crippen molar-refractivity contribution in [3.63, 3.8) is 0 Å². The van der Waals surface area contributed by atoms with E-state index >= 15 is 0 Å². The van der Waals surface area contributed by atoms with Crippen molar-refractivity contribution in [1.82, 2.24) is 14.3 Å². The number of rotatable bonds is 3. The molecule has 1 aliphatic rings. The van der Waals surface area contributed by atoms with E-state index in [2.05, 4.69) is 17.1 Å². The lowest BCUT2D eigenvalue weighted by Gasteiger charge is -2.26. The number of halogens is 1. The second kappa shape index (κ2) is 8.10. The van der Waals surface area contributed by atoms with Crippen LogP contribution in [-0.4, -0.2) is 46.5 Å². The van der Waals surface area contributed by atoms with E-state index in [0.717, 1.165) is 16.7 Å². The number of aryl methyl sites for hydroxylation is 2. The number of aromatic nitrogens is 2. The fourth-order valence-electron chi connectivity index (χ4n) is 3.18. The molecule has 6 nitrogen and oxygen atoms in total. The van der Waals surface area contributed by atoms with Gasteiger partial charge >= 0.3 is 0 Å². The minimum Gasteiger partial charge on any atom is -0.378 e. The van der Waals surface area contributed by atoms with Gasteiger partial charge in [0.1, 0.15) is 9.90 Å². The molecular weight excluding hydrogens is 410 g/mol. The van der Waals surface area contributed by atoms with Crippen molar-refractivity contribution in [2.75, 3.05) is 26.3 Å². The molecule has 0 aliphatic carbocycles. The predicted octanol–water partition coefficient (Wildman–Crippen LogP) is 3.67. The van der Waals surface area contributed by atoms with Crippen LogP contribution in [0.3, 0.4) is 0 Å². The standard InChI is InChI=1S/C21H20ClN3O3S/c1-13-3-4-14(2)15(11-13)5-6-16-18(22)20(27)25-12-17(29-21(25)23-16)19(26)24-7-9-28-10-8-24/h3-6,11-12H,7-10H2,1-2H3. The van der Waals surface area contributed by atoms with Crippen molar-refractivity contribution in [3.8, 4) is 0 Å². The zero-order valence-corrected chi connectivity index (χ0v) is 17.7. The van der Waals surface area contributed by atoms with Gasteiger partial charge in [-0.3, -0.25) is 14.0 Å². The smallest absolute Gasteiger partial charge is 0.277 e. The summed E-state index contributed by atoms with van der Waals surface area (Å²) in [5.74, 6) is -0.119. The summed E-state index contributed by atoms with van der Waals surface area (Å²) >= 11 is 7.48. The van der Waals surface area contributed by atoms with Crippen LogP contribution in [0.4, 0.5) is 0 Å². The molecule has 1 fully saturated rings. The number of nitrogens with zero attached hydrogens (tertiary/aromatic N) is 3. The molecule has 1 saturated heterocycles. The Balaban J connectivity index is 1.70. The predicted molar refractivity (Wildman–Crippen MR) is 116 cm³/mol. The molecule has 1 aliphatic heterocycles. The molecule has 150 valence electrons. The quantitative estimate of drug-likeness (QED) is 0.637. The average molecular weight is 430 g/mol. The first-order valence-electron chi connectivity index (χ1n) is 9.28. The monoisotopic (exact) mass is 429 g/mol. The van der Waals surface area contributed by atoms with Crippen molar-refractivity contribution < 1.29 is 9.53 Å². The number of fused-ring (bicyclic) bond motifs is 1. The Hall–Kier alpha value is -2.48. The van der Waals surface area contributed by atoms with Gasteiger partial charge in [-0.15, -0.1) is 0 Å². The van der Waals surface area contributed by atoms with E-state index in [0.29, 0.717) is 41.8 Å². The molecule has 0 atom stereocenters. The number of amides is 1. The highest BCUT2D eigenvalue weighted by atomic mass is 35.5. The summed E-state index contributed by atoms with van der Waals surface area (Å²) in [6.07, 6.45) is 5.17. The molecule has 2 aromatic heterocycles. The van der Waals surface area contributed by atoms with Crippen molar-refractivity contribution in [2.45, 2.75) is 13.8 Å². The maximum Gasteiger partial charge on any atom is 0.277 e. The Morgan fingerprint density at radius 2 is 2.00 bits per heavy atom. The van der Waals surface area contributed by atoms with Gasteiger partial charge in [0, 0.05) is 19.3 Å². The maximum atomic E-state index is 12.7. The second-order valence-corrected chi connectivity index (χ2v) is 8.35. The Labute approximate surface area is 177 Å². The summed E-state index contributed by atoms with van der Waals surface area (Å²) in [6, 6.07) is 6.16. The molecule has 0 bridgehead atoms. The molecule has 3 aromatic rings. The first-order valence-corrected chi connectivity index (χ1v) is 10.5. The lowest BCUT2D eigenvalue weighted by molar-refractivity contribution is 0.0306. The molecule has 1 aromatic carbocycles. The zero-order chi connectivity index (χ0) is 20.5. The third-order valence-corrected chi connectivity index (χ3v) is 6.19. The Kier molecular flexibility index (Phi) is 5.54. The summed E-state index contributed by atoms with van der Waals surface area (Å²) in [6.45, 7) is 6.18. The number of hydrogen-bond acceptors (Lipinski definition) is 5. The SMILES string of the molecule is Cc1ccc(C)c(C=Cc2nc3sc(C(=O)N4CCOCC4)cn3c(=O)c2Cl)c1. The van der Waals surface area contributed by atoms with Gasteiger partial charge in [-0.05, 0) is 31.1 Å². The molecule has 1 amide bonds. The van der Waals surface area contributed by atoms with Gasteiger partial charge in [-0.25, -0.2) is 4.98 Å². The third kappa shape index (κ3) is 3.99. The highest BCUT2D eigenvalue weighted by molar-refractivity contribution is 7.18. The topological polar surface area (TPSA) is 63.9 Å². The van der Waals surface area contributed by atoms with Crippen molar-refractivity contribution >= 4 is 46.0 Å². The summed E-state index contributed by atoms with van der Waals surface area (Å²) in [5.41, 5.74) is 3.32. The minimum atomic E-state index is -0.380. The largest absolute Gasteiger partial charge is 0.378 e. The van der Waals surface area contributed by atoms with E-state index in [1.54, 1.807) is 11.0 Å². The van der Waals surface area contributed by atoms with Crippen LogP contribution in [0.5, 0.6) is 0 Å². The number of benzene rings is 1. The Morgan fingerprint density at radius 1 is 1.24 bits per heavy atom. The lowest BCUT2D eigenvalue weighted by atomic mass is 10.1. The highest BCUT2D eigenvalue weighted by Crippen LogP contribution is 2.22. The fraction of sp³-hybridized carbons (Fsp3) is 0.286. The number of carbonyl (C=O) groups excluding carboxylic acids is 1. The molecule has 8 heteroatoms. The first-order chi connectivity index (χ1) is 13.9. The molecule has 0 spiro atoms. The van der Waals surface area contributed by atoms with E-state index in [-0.39, 0.29) is 16.5 Å². The van der Waals surface area contributed by atoms with Gasteiger partial charge in [-0.1, -0.05) is 52.8 Å². The van der Waals surface area contributed by atoms with Crippen molar-refractivity contribution in [3.05, 3.63) is 67.0 Å². The van der Waals surface area contributed by atoms with E-state index in [9.17, 15) is 9.59 Å². The molecular formula is C21H20ClN3O3S. The summed E-state index contributed by atoms with van der Waals surface area (Å²) in [5, 5.41) is 0.0345. The summed E-state index contributed by atoms with van der Waals surface area (Å²) in [4.78, 5) is 32.6. The van der Waals surface area contributed by atoms with Crippen LogP contribution < -0.4 is 5.56 Å². The lowest BCUT2D eigenvalue weighted by Crippen LogP contribution is -2.40. The number of carbonyl (C=O) groups is 1. The number of thiazole rings is 1. The zero-order valence-electron chi connectivity index (χ0n) is 16.1. The van der Waals surface area contributed by atoms with Crippen LogP contribution in [0.1, 0.15) is 32.1 Å². The van der Waals surface area contributed by atoms with E-state index in [1.165, 1.54) is 21.9 Å². The fourth-order valence-corrected chi connectivity index (χ4v) is 4.32. The Morgan fingerprint density at radius 3 is 2.76 bits per heavy atom. The van der Waals surface area contributed by atoms with Crippen LogP contribution >= 0.6 is 22.9 Å². The summed E-state index contributed by atoms with van der Waals surface area (Å²) < 4.78 is 6.63. The normalized spacial score (nSPS) is 14.8.